The fourth-order valence-corrected chi connectivity index (χ4v) is 4.58. The second-order valence-electron chi connectivity index (χ2n) is 6.43. The highest BCUT2D eigenvalue weighted by atomic mass is 35.5. The second kappa shape index (κ2) is 9.47. The fourth-order valence-electron chi connectivity index (χ4n) is 3.11. The Kier molecular flexibility index (Phi) is 7.54. The van der Waals surface area contributed by atoms with Gasteiger partial charge in [0.05, 0.1) is 4.90 Å². The lowest BCUT2D eigenvalue weighted by molar-refractivity contribution is -0.132. The minimum absolute atomic E-state index is 0. The zero-order chi connectivity index (χ0) is 19.4. The maximum atomic E-state index is 13.1. The molecule has 2 N–H and O–H groups in total. The van der Waals surface area contributed by atoms with Gasteiger partial charge in [-0.3, -0.25) is 4.79 Å². The Balaban J connectivity index is 0.00000280. The van der Waals surface area contributed by atoms with Gasteiger partial charge in [-0.1, -0.05) is 30.3 Å². The number of sulfonamides is 1. The van der Waals surface area contributed by atoms with Crippen LogP contribution in [0.3, 0.4) is 0 Å². The smallest absolute Gasteiger partial charge is 0.244 e. The molecule has 3 rings (SSSR count). The molecule has 0 bridgehead atoms. The third-order valence-corrected chi connectivity index (χ3v) is 6.56. The third-order valence-electron chi connectivity index (χ3n) is 4.64. The van der Waals surface area contributed by atoms with E-state index in [-0.39, 0.29) is 36.3 Å². The topological polar surface area (TPSA) is 83.7 Å². The molecule has 28 heavy (non-hydrogen) atoms. The summed E-state index contributed by atoms with van der Waals surface area (Å²) in [6, 6.07) is 13.1. The normalized spacial score (nSPS) is 16.7. The van der Waals surface area contributed by atoms with Gasteiger partial charge in [-0.2, -0.15) is 4.31 Å². The van der Waals surface area contributed by atoms with Gasteiger partial charge in [-0.15, -0.1) is 12.4 Å². The van der Waals surface area contributed by atoms with Crippen LogP contribution in [0.5, 0.6) is 0 Å². The van der Waals surface area contributed by atoms with E-state index >= 15 is 0 Å². The number of hydrogen-bond acceptors (Lipinski definition) is 4. The molecule has 0 radical (unpaired) electrons. The third kappa shape index (κ3) is 4.88. The van der Waals surface area contributed by atoms with Crippen LogP contribution >= 0.6 is 12.4 Å². The van der Waals surface area contributed by atoms with E-state index in [4.69, 9.17) is 5.73 Å². The van der Waals surface area contributed by atoms with E-state index < -0.39 is 21.9 Å². The number of hydrogen-bond donors (Lipinski definition) is 1. The molecule has 6 nitrogen and oxygen atoms in total. The van der Waals surface area contributed by atoms with Crippen LogP contribution in [-0.4, -0.2) is 49.7 Å². The summed E-state index contributed by atoms with van der Waals surface area (Å²) in [5, 5.41) is 0. The molecule has 0 aromatic heterocycles. The Morgan fingerprint density at radius 3 is 2.25 bits per heavy atom. The van der Waals surface area contributed by atoms with Crippen LogP contribution in [0.15, 0.2) is 59.5 Å². The Hall–Kier alpha value is -2.00. The largest absolute Gasteiger partial charge is 0.340 e. The first-order chi connectivity index (χ1) is 12.9. The molecule has 9 heteroatoms. The van der Waals surface area contributed by atoms with E-state index in [9.17, 15) is 17.6 Å². The SMILES string of the molecule is Cl.NC(C(=O)N1CCCN(S(=O)(=O)c2ccc(F)cc2)CC1)c1ccccc1. The van der Waals surface area contributed by atoms with Crippen LogP contribution in [0.2, 0.25) is 0 Å². The van der Waals surface area contributed by atoms with Crippen molar-refractivity contribution in [2.24, 2.45) is 5.73 Å². The second-order valence-corrected chi connectivity index (χ2v) is 8.36. The first-order valence-corrected chi connectivity index (χ1v) is 10.2. The summed E-state index contributed by atoms with van der Waals surface area (Å²) in [5.74, 6) is -0.710. The zero-order valence-electron chi connectivity index (χ0n) is 15.2. The van der Waals surface area contributed by atoms with Gasteiger partial charge in [0.25, 0.3) is 0 Å². The molecule has 1 atom stereocenters. The molecule has 0 spiro atoms. The quantitative estimate of drug-likeness (QED) is 0.810. The Labute approximate surface area is 170 Å². The van der Waals surface area contributed by atoms with Crippen molar-refractivity contribution in [3.63, 3.8) is 0 Å². The number of rotatable bonds is 4. The van der Waals surface area contributed by atoms with Gasteiger partial charge < -0.3 is 10.6 Å². The first kappa shape index (κ1) is 22.3. The van der Waals surface area contributed by atoms with Crippen molar-refractivity contribution in [3.05, 3.63) is 66.0 Å². The summed E-state index contributed by atoms with van der Waals surface area (Å²) in [7, 11) is -3.73. The number of amides is 1. The van der Waals surface area contributed by atoms with Crippen molar-refractivity contribution in [1.82, 2.24) is 9.21 Å². The van der Waals surface area contributed by atoms with Crippen LogP contribution in [0.25, 0.3) is 0 Å². The van der Waals surface area contributed by atoms with E-state index in [1.165, 1.54) is 16.4 Å². The average Bonchev–Trinajstić information content (AvgIpc) is 2.94. The Morgan fingerprint density at radius 2 is 1.61 bits per heavy atom. The molecule has 2 aromatic carbocycles. The predicted molar refractivity (Wildman–Crippen MR) is 107 cm³/mol. The molecule has 1 aliphatic rings. The van der Waals surface area contributed by atoms with Gasteiger partial charge in [0, 0.05) is 26.2 Å². The molecule has 1 heterocycles. The van der Waals surface area contributed by atoms with Crippen LogP contribution in [-0.2, 0) is 14.8 Å². The molecular formula is C19H23ClFN3O3S. The predicted octanol–water partition coefficient (Wildman–Crippen LogP) is 2.17. The van der Waals surface area contributed by atoms with Crippen molar-refractivity contribution in [3.8, 4) is 0 Å². The zero-order valence-corrected chi connectivity index (χ0v) is 16.8. The molecule has 1 aliphatic heterocycles. The van der Waals surface area contributed by atoms with Crippen LogP contribution in [0.1, 0.15) is 18.0 Å². The van der Waals surface area contributed by atoms with Crippen LogP contribution in [0, 0.1) is 5.82 Å². The van der Waals surface area contributed by atoms with E-state index in [1.54, 1.807) is 17.0 Å². The van der Waals surface area contributed by atoms with Gasteiger partial charge in [0.1, 0.15) is 11.9 Å². The molecular weight excluding hydrogens is 405 g/mol. The standard InChI is InChI=1S/C19H22FN3O3S.ClH/c20-16-7-9-17(10-8-16)27(25,26)23-12-4-11-22(13-14-23)19(24)18(21)15-5-2-1-3-6-15;/h1-3,5-10,18H,4,11-14,21H2;1H. The summed E-state index contributed by atoms with van der Waals surface area (Å²) in [6.07, 6.45) is 0.508. The molecule has 1 fully saturated rings. The fraction of sp³-hybridized carbons (Fsp3) is 0.316. The van der Waals surface area contributed by atoms with E-state index in [0.717, 1.165) is 17.7 Å². The maximum absolute atomic E-state index is 13.1. The number of benzene rings is 2. The van der Waals surface area contributed by atoms with Crippen molar-refractivity contribution in [2.45, 2.75) is 17.4 Å². The summed E-state index contributed by atoms with van der Waals surface area (Å²) >= 11 is 0. The molecule has 2 aromatic rings. The highest BCUT2D eigenvalue weighted by Crippen LogP contribution is 2.20. The lowest BCUT2D eigenvalue weighted by Gasteiger charge is -2.24. The number of nitrogens with two attached hydrogens (primary N) is 1. The van der Waals surface area contributed by atoms with E-state index in [2.05, 4.69) is 0 Å². The number of halogens is 2. The highest BCUT2D eigenvalue weighted by Gasteiger charge is 2.30. The van der Waals surface area contributed by atoms with Crippen LogP contribution < -0.4 is 5.73 Å². The van der Waals surface area contributed by atoms with Crippen molar-refractivity contribution < 1.29 is 17.6 Å². The van der Waals surface area contributed by atoms with Crippen molar-refractivity contribution in [2.75, 3.05) is 26.2 Å². The Bertz CT molecular complexity index is 894. The van der Waals surface area contributed by atoms with Gasteiger partial charge in [0.2, 0.25) is 15.9 Å². The molecule has 1 amide bonds. The van der Waals surface area contributed by atoms with Gasteiger partial charge in [-0.25, -0.2) is 12.8 Å². The molecule has 1 unspecified atom stereocenters. The van der Waals surface area contributed by atoms with Gasteiger partial charge in [-0.05, 0) is 36.2 Å². The minimum Gasteiger partial charge on any atom is -0.340 e. The number of nitrogens with zero attached hydrogens (tertiary/aromatic N) is 2. The van der Waals surface area contributed by atoms with Gasteiger partial charge >= 0.3 is 0 Å². The summed E-state index contributed by atoms with van der Waals surface area (Å²) in [6.45, 7) is 1.17. The first-order valence-electron chi connectivity index (χ1n) is 8.74. The van der Waals surface area contributed by atoms with E-state index in [0.29, 0.717) is 19.5 Å². The monoisotopic (exact) mass is 427 g/mol. The molecule has 0 saturated carbocycles. The van der Waals surface area contributed by atoms with Crippen LogP contribution in [0.4, 0.5) is 4.39 Å². The maximum Gasteiger partial charge on any atom is 0.244 e. The lowest BCUT2D eigenvalue weighted by atomic mass is 10.1. The molecule has 0 aliphatic carbocycles. The lowest BCUT2D eigenvalue weighted by Crippen LogP contribution is -2.41. The average molecular weight is 428 g/mol. The van der Waals surface area contributed by atoms with Crippen molar-refractivity contribution in [1.29, 1.82) is 0 Å². The van der Waals surface area contributed by atoms with E-state index in [1.807, 2.05) is 18.2 Å². The minimum atomic E-state index is -3.73. The van der Waals surface area contributed by atoms with Gasteiger partial charge in [0.15, 0.2) is 0 Å². The summed E-state index contributed by atoms with van der Waals surface area (Å²) < 4.78 is 39.9. The van der Waals surface area contributed by atoms with Crippen molar-refractivity contribution >= 4 is 28.3 Å². The highest BCUT2D eigenvalue weighted by molar-refractivity contribution is 7.89. The number of carbonyl (C=O) groups excluding carboxylic acids is 1. The Morgan fingerprint density at radius 1 is 0.964 bits per heavy atom. The summed E-state index contributed by atoms with van der Waals surface area (Å²) in [5.41, 5.74) is 6.81. The summed E-state index contributed by atoms with van der Waals surface area (Å²) in [4.78, 5) is 14.4. The number of carbonyl (C=O) groups is 1. The molecule has 1 saturated heterocycles. The molecule has 152 valence electrons.